The van der Waals surface area contributed by atoms with Crippen molar-refractivity contribution < 1.29 is 9.90 Å². The summed E-state index contributed by atoms with van der Waals surface area (Å²) < 4.78 is 2.91. The predicted octanol–water partition coefficient (Wildman–Crippen LogP) is 3.58. The van der Waals surface area contributed by atoms with Crippen LogP contribution in [0.4, 0.5) is 0 Å². The van der Waals surface area contributed by atoms with E-state index in [1.807, 2.05) is 10.9 Å². The average Bonchev–Trinajstić information content (AvgIpc) is 2.73. The summed E-state index contributed by atoms with van der Waals surface area (Å²) in [7, 11) is 0. The highest BCUT2D eigenvalue weighted by Gasteiger charge is 2.40. The molecule has 0 radical (unpaired) electrons. The van der Waals surface area contributed by atoms with E-state index in [1.165, 1.54) is 0 Å². The van der Waals surface area contributed by atoms with Crippen molar-refractivity contribution in [3.8, 4) is 0 Å². The van der Waals surface area contributed by atoms with Gasteiger partial charge in [-0.2, -0.15) is 5.10 Å². The zero-order valence-electron chi connectivity index (χ0n) is 11.6. The third-order valence-electron chi connectivity index (χ3n) is 4.27. The van der Waals surface area contributed by atoms with Crippen molar-refractivity contribution in [1.82, 2.24) is 9.78 Å². The van der Waals surface area contributed by atoms with Gasteiger partial charge in [-0.3, -0.25) is 9.48 Å². The van der Waals surface area contributed by atoms with E-state index in [4.69, 9.17) is 0 Å². The molecule has 1 saturated carbocycles. The molecule has 1 aromatic rings. The van der Waals surface area contributed by atoms with Crippen molar-refractivity contribution in [3.63, 3.8) is 0 Å². The quantitative estimate of drug-likeness (QED) is 0.803. The molecule has 2 rings (SSSR count). The second-order valence-corrected chi connectivity index (χ2v) is 7.77. The average molecular weight is 376 g/mol. The Kier molecular flexibility index (Phi) is 4.23. The highest BCUT2D eigenvalue weighted by molar-refractivity contribution is 14.1. The van der Waals surface area contributed by atoms with Gasteiger partial charge in [0.15, 0.2) is 0 Å². The summed E-state index contributed by atoms with van der Waals surface area (Å²) >= 11 is 2.21. The van der Waals surface area contributed by atoms with Crippen LogP contribution < -0.4 is 0 Å². The number of hydrogen-bond donors (Lipinski definition) is 1. The van der Waals surface area contributed by atoms with E-state index in [9.17, 15) is 9.90 Å². The van der Waals surface area contributed by atoms with Crippen LogP contribution in [0, 0.1) is 20.8 Å². The van der Waals surface area contributed by atoms with Crippen LogP contribution in [0.15, 0.2) is 12.4 Å². The first-order valence-electron chi connectivity index (χ1n) is 6.71. The van der Waals surface area contributed by atoms with E-state index in [0.29, 0.717) is 5.92 Å². The van der Waals surface area contributed by atoms with Gasteiger partial charge in [0.1, 0.15) is 0 Å². The molecule has 0 bridgehead atoms. The SMILES string of the molecule is CC(C)(C)C1CCC(C(=O)O)C(n2cc(I)cn2)C1. The summed E-state index contributed by atoms with van der Waals surface area (Å²) in [6.07, 6.45) is 6.39. The topological polar surface area (TPSA) is 55.1 Å². The lowest BCUT2D eigenvalue weighted by molar-refractivity contribution is -0.145. The lowest BCUT2D eigenvalue weighted by Gasteiger charge is -2.40. The number of carbonyl (C=O) groups is 1. The van der Waals surface area contributed by atoms with E-state index in [1.54, 1.807) is 6.20 Å². The monoisotopic (exact) mass is 376 g/mol. The molecular formula is C14H21IN2O2. The number of carboxylic acids is 1. The minimum Gasteiger partial charge on any atom is -0.481 e. The Morgan fingerprint density at radius 2 is 2.16 bits per heavy atom. The van der Waals surface area contributed by atoms with E-state index in [-0.39, 0.29) is 17.4 Å². The summed E-state index contributed by atoms with van der Waals surface area (Å²) in [4.78, 5) is 11.5. The molecule has 0 amide bonds. The van der Waals surface area contributed by atoms with Crippen LogP contribution in [0.3, 0.4) is 0 Å². The van der Waals surface area contributed by atoms with E-state index < -0.39 is 5.97 Å². The van der Waals surface area contributed by atoms with Crippen molar-refractivity contribution >= 4 is 28.6 Å². The van der Waals surface area contributed by atoms with Gasteiger partial charge < -0.3 is 5.11 Å². The maximum atomic E-state index is 11.5. The Morgan fingerprint density at radius 1 is 1.47 bits per heavy atom. The number of hydrogen-bond acceptors (Lipinski definition) is 2. The zero-order valence-corrected chi connectivity index (χ0v) is 13.8. The summed E-state index contributed by atoms with van der Waals surface area (Å²) in [6.45, 7) is 6.72. The number of rotatable bonds is 2. The summed E-state index contributed by atoms with van der Waals surface area (Å²) in [5.41, 5.74) is 0.224. The molecule has 1 aliphatic carbocycles. The van der Waals surface area contributed by atoms with Crippen LogP contribution in [0.5, 0.6) is 0 Å². The molecule has 1 fully saturated rings. The fourth-order valence-electron chi connectivity index (χ4n) is 3.01. The Bertz CT molecular complexity index is 464. The van der Waals surface area contributed by atoms with Crippen LogP contribution in [0.2, 0.25) is 0 Å². The molecule has 0 aliphatic heterocycles. The number of aromatic nitrogens is 2. The molecule has 1 N–H and O–H groups in total. The highest BCUT2D eigenvalue weighted by Crippen LogP contribution is 2.44. The van der Waals surface area contributed by atoms with Crippen LogP contribution >= 0.6 is 22.6 Å². The Morgan fingerprint density at radius 3 is 2.63 bits per heavy atom. The molecule has 0 aromatic carbocycles. The maximum absolute atomic E-state index is 11.5. The fourth-order valence-corrected chi connectivity index (χ4v) is 3.42. The molecule has 106 valence electrons. The summed E-state index contributed by atoms with van der Waals surface area (Å²) in [5.74, 6) is -0.452. The van der Waals surface area contributed by atoms with Gasteiger partial charge in [0.05, 0.1) is 21.7 Å². The molecule has 3 atom stereocenters. The molecule has 3 unspecified atom stereocenters. The van der Waals surface area contributed by atoms with Crippen molar-refractivity contribution in [2.24, 2.45) is 17.3 Å². The normalized spacial score (nSPS) is 28.3. The number of aliphatic carboxylic acids is 1. The molecule has 1 heterocycles. The minimum atomic E-state index is -0.692. The van der Waals surface area contributed by atoms with Gasteiger partial charge in [0.2, 0.25) is 0 Å². The molecule has 5 heteroatoms. The number of nitrogens with zero attached hydrogens (tertiary/aromatic N) is 2. The molecule has 1 aromatic heterocycles. The third-order valence-corrected chi connectivity index (χ3v) is 4.83. The Labute approximate surface area is 127 Å². The van der Waals surface area contributed by atoms with Crippen molar-refractivity contribution in [1.29, 1.82) is 0 Å². The fraction of sp³-hybridized carbons (Fsp3) is 0.714. The molecule has 0 saturated heterocycles. The van der Waals surface area contributed by atoms with Gasteiger partial charge in [0, 0.05) is 6.20 Å². The standard InChI is InChI=1S/C14H21IN2O2/c1-14(2,3)9-4-5-11(13(18)19)12(6-9)17-8-10(15)7-16-17/h7-9,11-12H,4-6H2,1-3H3,(H,18,19). The largest absolute Gasteiger partial charge is 0.481 e. The molecule has 4 nitrogen and oxygen atoms in total. The van der Waals surface area contributed by atoms with Crippen molar-refractivity contribution in [2.45, 2.75) is 46.1 Å². The van der Waals surface area contributed by atoms with Crippen LogP contribution in [0.25, 0.3) is 0 Å². The van der Waals surface area contributed by atoms with Gasteiger partial charge >= 0.3 is 5.97 Å². The second kappa shape index (κ2) is 5.42. The smallest absolute Gasteiger partial charge is 0.308 e. The van der Waals surface area contributed by atoms with Gasteiger partial charge in [-0.05, 0) is 53.2 Å². The molecule has 19 heavy (non-hydrogen) atoms. The van der Waals surface area contributed by atoms with Gasteiger partial charge in [-0.25, -0.2) is 0 Å². The first kappa shape index (κ1) is 14.8. The number of carboxylic acid groups (broad SMARTS) is 1. The maximum Gasteiger partial charge on any atom is 0.308 e. The zero-order chi connectivity index (χ0) is 14.2. The molecule has 1 aliphatic rings. The first-order valence-corrected chi connectivity index (χ1v) is 7.79. The van der Waals surface area contributed by atoms with Crippen molar-refractivity contribution in [2.75, 3.05) is 0 Å². The Balaban J connectivity index is 2.25. The predicted molar refractivity (Wildman–Crippen MR) is 81.9 cm³/mol. The first-order chi connectivity index (χ1) is 8.79. The van der Waals surface area contributed by atoms with Crippen LogP contribution in [-0.4, -0.2) is 20.9 Å². The van der Waals surface area contributed by atoms with Crippen LogP contribution in [-0.2, 0) is 4.79 Å². The third kappa shape index (κ3) is 3.30. The highest BCUT2D eigenvalue weighted by atomic mass is 127. The van der Waals surface area contributed by atoms with Gasteiger partial charge in [-0.1, -0.05) is 20.8 Å². The molecule has 0 spiro atoms. The lowest BCUT2D eigenvalue weighted by atomic mass is 9.68. The minimum absolute atomic E-state index is 0.0148. The second-order valence-electron chi connectivity index (χ2n) is 6.53. The van der Waals surface area contributed by atoms with Crippen molar-refractivity contribution in [3.05, 3.63) is 16.0 Å². The van der Waals surface area contributed by atoms with Crippen LogP contribution in [0.1, 0.15) is 46.1 Å². The van der Waals surface area contributed by atoms with E-state index >= 15 is 0 Å². The lowest BCUT2D eigenvalue weighted by Crippen LogP contribution is -2.37. The van der Waals surface area contributed by atoms with E-state index in [0.717, 1.165) is 22.8 Å². The van der Waals surface area contributed by atoms with Gasteiger partial charge in [-0.15, -0.1) is 0 Å². The van der Waals surface area contributed by atoms with E-state index in [2.05, 4.69) is 48.5 Å². The number of halogens is 1. The molecular weight excluding hydrogens is 355 g/mol. The summed E-state index contributed by atoms with van der Waals surface area (Å²) in [5, 5.41) is 13.8. The Hall–Kier alpha value is -0.590. The summed E-state index contributed by atoms with van der Waals surface area (Å²) in [6, 6.07) is -0.0148. The van der Waals surface area contributed by atoms with Gasteiger partial charge in [0.25, 0.3) is 0 Å².